The van der Waals surface area contributed by atoms with Gasteiger partial charge in [-0.2, -0.15) is 0 Å². The highest BCUT2D eigenvalue weighted by atomic mass is 16.3. The molecule has 0 radical (unpaired) electrons. The summed E-state index contributed by atoms with van der Waals surface area (Å²) in [5.74, 6) is 0.169. The Kier molecular flexibility index (Phi) is 2.00. The van der Waals surface area contributed by atoms with Crippen LogP contribution in [0.3, 0.4) is 0 Å². The summed E-state index contributed by atoms with van der Waals surface area (Å²) in [6.07, 6.45) is 2.50. The van der Waals surface area contributed by atoms with E-state index < -0.39 is 0 Å². The molecule has 70 valence electrons. The molecular weight excluding hydrogens is 164 g/mol. The van der Waals surface area contributed by atoms with Crippen molar-refractivity contribution >= 4 is 11.4 Å². The van der Waals surface area contributed by atoms with Crippen LogP contribution in [0.5, 0.6) is 5.75 Å². The Morgan fingerprint density at radius 2 is 1.92 bits per heavy atom. The van der Waals surface area contributed by atoms with Gasteiger partial charge in [0, 0.05) is 18.8 Å². The number of hydrogen-bond acceptors (Lipinski definition) is 3. The summed E-state index contributed by atoms with van der Waals surface area (Å²) in [5, 5.41) is 9.24. The van der Waals surface area contributed by atoms with E-state index in [2.05, 4.69) is 4.90 Å². The van der Waals surface area contributed by atoms with Gasteiger partial charge in [0.25, 0.3) is 0 Å². The van der Waals surface area contributed by atoms with Crippen LogP contribution >= 0.6 is 0 Å². The molecule has 2 rings (SSSR count). The van der Waals surface area contributed by atoms with Crippen molar-refractivity contribution in [2.75, 3.05) is 23.7 Å². The molecule has 1 aliphatic rings. The summed E-state index contributed by atoms with van der Waals surface area (Å²) in [4.78, 5) is 2.29. The van der Waals surface area contributed by atoms with Crippen molar-refractivity contribution in [2.24, 2.45) is 0 Å². The Labute approximate surface area is 77.8 Å². The number of phenols is 1. The first-order valence-electron chi connectivity index (χ1n) is 4.61. The van der Waals surface area contributed by atoms with Gasteiger partial charge in [-0.3, -0.25) is 0 Å². The highest BCUT2D eigenvalue weighted by Crippen LogP contribution is 2.27. The Bertz CT molecular complexity index is 306. The van der Waals surface area contributed by atoms with Gasteiger partial charge >= 0.3 is 0 Å². The van der Waals surface area contributed by atoms with E-state index in [1.165, 1.54) is 12.8 Å². The molecule has 1 saturated heterocycles. The van der Waals surface area contributed by atoms with Gasteiger partial charge in [-0.25, -0.2) is 0 Å². The second-order valence-corrected chi connectivity index (χ2v) is 3.44. The number of nitrogen functional groups attached to an aromatic ring is 1. The number of anilines is 2. The van der Waals surface area contributed by atoms with Gasteiger partial charge < -0.3 is 15.7 Å². The molecule has 0 spiro atoms. The zero-order valence-corrected chi connectivity index (χ0v) is 7.53. The molecule has 1 aromatic carbocycles. The zero-order valence-electron chi connectivity index (χ0n) is 7.53. The quantitative estimate of drug-likeness (QED) is 0.507. The monoisotopic (exact) mass is 178 g/mol. The van der Waals surface area contributed by atoms with Crippen molar-refractivity contribution < 1.29 is 5.11 Å². The summed E-state index contributed by atoms with van der Waals surface area (Å²) in [6, 6.07) is 5.40. The normalized spacial score (nSPS) is 16.5. The van der Waals surface area contributed by atoms with Crippen LogP contribution in [0.1, 0.15) is 12.8 Å². The van der Waals surface area contributed by atoms with E-state index in [4.69, 9.17) is 5.73 Å². The van der Waals surface area contributed by atoms with Crippen LogP contribution in [0, 0.1) is 0 Å². The molecule has 0 unspecified atom stereocenters. The first-order chi connectivity index (χ1) is 6.27. The van der Waals surface area contributed by atoms with Gasteiger partial charge in [0.2, 0.25) is 0 Å². The second kappa shape index (κ2) is 3.17. The van der Waals surface area contributed by atoms with E-state index in [1.807, 2.05) is 12.1 Å². The third-order valence-corrected chi connectivity index (χ3v) is 2.48. The molecule has 1 heterocycles. The number of benzene rings is 1. The van der Waals surface area contributed by atoms with Gasteiger partial charge in [-0.1, -0.05) is 0 Å². The molecule has 0 aliphatic carbocycles. The number of phenolic OH excluding ortho intramolecular Hbond substituents is 1. The summed E-state index contributed by atoms with van der Waals surface area (Å²) in [7, 11) is 0. The Balaban J connectivity index is 2.25. The number of rotatable bonds is 1. The molecule has 0 saturated carbocycles. The van der Waals surface area contributed by atoms with Crippen molar-refractivity contribution in [2.45, 2.75) is 12.8 Å². The fourth-order valence-electron chi connectivity index (χ4n) is 1.71. The van der Waals surface area contributed by atoms with Crippen molar-refractivity contribution in [3.8, 4) is 5.75 Å². The molecule has 13 heavy (non-hydrogen) atoms. The van der Waals surface area contributed by atoms with Crippen molar-refractivity contribution in [3.05, 3.63) is 18.2 Å². The largest absolute Gasteiger partial charge is 0.506 e. The molecule has 1 fully saturated rings. The molecule has 1 aliphatic heterocycles. The highest BCUT2D eigenvalue weighted by Gasteiger charge is 2.12. The van der Waals surface area contributed by atoms with Gasteiger partial charge in [-0.15, -0.1) is 0 Å². The first-order valence-corrected chi connectivity index (χ1v) is 4.61. The predicted octanol–water partition coefficient (Wildman–Crippen LogP) is 1.57. The molecular formula is C10H14N2O. The van der Waals surface area contributed by atoms with E-state index in [9.17, 15) is 5.11 Å². The number of aromatic hydroxyl groups is 1. The maximum absolute atomic E-state index is 9.24. The van der Waals surface area contributed by atoms with Gasteiger partial charge in [0.05, 0.1) is 5.69 Å². The minimum Gasteiger partial charge on any atom is -0.506 e. The van der Waals surface area contributed by atoms with E-state index in [0.717, 1.165) is 18.8 Å². The van der Waals surface area contributed by atoms with E-state index >= 15 is 0 Å². The second-order valence-electron chi connectivity index (χ2n) is 3.44. The van der Waals surface area contributed by atoms with Crippen molar-refractivity contribution in [3.63, 3.8) is 0 Å². The third-order valence-electron chi connectivity index (χ3n) is 2.48. The third kappa shape index (κ3) is 1.54. The lowest BCUT2D eigenvalue weighted by molar-refractivity contribution is 0.478. The smallest absolute Gasteiger partial charge is 0.138 e. The topological polar surface area (TPSA) is 49.5 Å². The lowest BCUT2D eigenvalue weighted by Gasteiger charge is -2.17. The Morgan fingerprint density at radius 3 is 2.54 bits per heavy atom. The molecule has 0 amide bonds. The molecule has 3 heteroatoms. The Morgan fingerprint density at radius 1 is 1.23 bits per heavy atom. The minimum atomic E-state index is 0.169. The summed E-state index contributed by atoms with van der Waals surface area (Å²) >= 11 is 0. The van der Waals surface area contributed by atoms with Crippen LogP contribution in [0.2, 0.25) is 0 Å². The lowest BCUT2D eigenvalue weighted by Crippen LogP contribution is -2.17. The first kappa shape index (κ1) is 8.23. The molecule has 0 aromatic heterocycles. The molecule has 3 nitrogen and oxygen atoms in total. The van der Waals surface area contributed by atoms with E-state index in [0.29, 0.717) is 5.69 Å². The van der Waals surface area contributed by atoms with Gasteiger partial charge in [0.15, 0.2) is 0 Å². The van der Waals surface area contributed by atoms with E-state index in [1.54, 1.807) is 6.07 Å². The van der Waals surface area contributed by atoms with E-state index in [-0.39, 0.29) is 5.75 Å². The molecule has 0 atom stereocenters. The van der Waals surface area contributed by atoms with Gasteiger partial charge in [-0.05, 0) is 31.0 Å². The maximum atomic E-state index is 9.24. The van der Waals surface area contributed by atoms with Crippen LogP contribution < -0.4 is 10.6 Å². The predicted molar refractivity (Wildman–Crippen MR) is 54.0 cm³/mol. The van der Waals surface area contributed by atoms with Gasteiger partial charge in [0.1, 0.15) is 5.75 Å². The van der Waals surface area contributed by atoms with Crippen LogP contribution in [0.15, 0.2) is 18.2 Å². The number of nitrogens with two attached hydrogens (primary N) is 1. The fraction of sp³-hybridized carbons (Fsp3) is 0.400. The molecule has 0 bridgehead atoms. The average Bonchev–Trinajstić information content (AvgIpc) is 2.62. The minimum absolute atomic E-state index is 0.169. The standard InChI is InChI=1S/C10H14N2O/c11-9-7-8(3-4-10(9)13)12-5-1-2-6-12/h3-4,7,13H,1-2,5-6,11H2. The maximum Gasteiger partial charge on any atom is 0.138 e. The van der Waals surface area contributed by atoms with Crippen LogP contribution in [0.4, 0.5) is 11.4 Å². The lowest BCUT2D eigenvalue weighted by atomic mass is 10.2. The SMILES string of the molecule is Nc1cc(N2CCCC2)ccc1O. The van der Waals surface area contributed by atoms with Crippen LogP contribution in [0.25, 0.3) is 0 Å². The zero-order chi connectivity index (χ0) is 9.26. The number of nitrogens with zero attached hydrogens (tertiary/aromatic N) is 1. The van der Waals surface area contributed by atoms with Crippen molar-refractivity contribution in [1.82, 2.24) is 0 Å². The van der Waals surface area contributed by atoms with Crippen molar-refractivity contribution in [1.29, 1.82) is 0 Å². The number of hydrogen-bond donors (Lipinski definition) is 2. The van der Waals surface area contributed by atoms with Crippen LogP contribution in [-0.2, 0) is 0 Å². The Hall–Kier alpha value is -1.38. The van der Waals surface area contributed by atoms with Crippen LogP contribution in [-0.4, -0.2) is 18.2 Å². The molecule has 1 aromatic rings. The highest BCUT2D eigenvalue weighted by molar-refractivity contribution is 5.62. The summed E-state index contributed by atoms with van der Waals surface area (Å²) < 4.78 is 0. The summed E-state index contributed by atoms with van der Waals surface area (Å²) in [6.45, 7) is 2.20. The fourth-order valence-corrected chi connectivity index (χ4v) is 1.71. The summed E-state index contributed by atoms with van der Waals surface area (Å²) in [5.41, 5.74) is 7.19. The molecule has 3 N–H and O–H groups in total. The average molecular weight is 178 g/mol.